The van der Waals surface area contributed by atoms with Gasteiger partial charge in [0.1, 0.15) is 11.1 Å². The smallest absolute Gasteiger partial charge is 0.410 e. The molecule has 0 unspecified atom stereocenters. The van der Waals surface area contributed by atoms with Gasteiger partial charge in [-0.3, -0.25) is 4.68 Å². The number of likely N-dealkylation sites (tertiary alicyclic amines) is 1. The number of aromatic nitrogens is 5. The number of nitrogen functional groups attached to an aromatic ring is 1. The average Bonchev–Trinajstić information content (AvgIpc) is 3.42. The van der Waals surface area contributed by atoms with Gasteiger partial charge in [0.05, 0.1) is 23.6 Å². The minimum Gasteiger partial charge on any atom is -0.444 e. The first-order valence-electron chi connectivity index (χ1n) is 11.7. The minimum absolute atomic E-state index is 0.180. The molecule has 2 N–H and O–H groups in total. The number of fused-ring (bicyclic) bond motifs is 1. The second-order valence-corrected chi connectivity index (χ2v) is 9.78. The van der Waals surface area contributed by atoms with Gasteiger partial charge in [0.25, 0.3) is 0 Å². The topological polar surface area (TPSA) is 125 Å². The largest absolute Gasteiger partial charge is 0.444 e. The Morgan fingerprint density at radius 3 is 2.63 bits per heavy atom. The first-order chi connectivity index (χ1) is 16.7. The molecule has 0 spiro atoms. The van der Waals surface area contributed by atoms with Crippen LogP contribution in [0.4, 0.5) is 10.6 Å². The van der Waals surface area contributed by atoms with Crippen molar-refractivity contribution < 1.29 is 13.9 Å². The van der Waals surface area contributed by atoms with Crippen molar-refractivity contribution >= 4 is 23.0 Å². The summed E-state index contributed by atoms with van der Waals surface area (Å²) in [6.07, 6.45) is 4.94. The molecule has 0 saturated carbocycles. The Labute approximate surface area is 203 Å². The Bertz CT molecular complexity index is 1340. The van der Waals surface area contributed by atoms with Crippen molar-refractivity contribution in [3.63, 3.8) is 0 Å². The van der Waals surface area contributed by atoms with Crippen LogP contribution >= 0.6 is 0 Å². The number of ether oxygens (including phenoxy) is 1. The molecule has 10 nitrogen and oxygen atoms in total. The summed E-state index contributed by atoms with van der Waals surface area (Å²) < 4.78 is 13.3. The summed E-state index contributed by atoms with van der Waals surface area (Å²) >= 11 is 0. The quantitative estimate of drug-likeness (QED) is 0.455. The molecule has 1 amide bonds. The maximum Gasteiger partial charge on any atom is 0.410 e. The number of anilines is 1. The molecule has 1 aromatic carbocycles. The average molecular weight is 476 g/mol. The Balaban J connectivity index is 1.35. The fourth-order valence-corrected chi connectivity index (χ4v) is 4.22. The van der Waals surface area contributed by atoms with E-state index < -0.39 is 5.60 Å². The van der Waals surface area contributed by atoms with Crippen LogP contribution in [0.15, 0.2) is 41.1 Å². The molecule has 0 bridgehead atoms. The van der Waals surface area contributed by atoms with Gasteiger partial charge in [-0.15, -0.1) is 0 Å². The Morgan fingerprint density at radius 2 is 1.91 bits per heavy atom. The van der Waals surface area contributed by atoms with Crippen LogP contribution in [0.25, 0.3) is 33.9 Å². The minimum atomic E-state index is -0.501. The standard InChI is InChI=1S/C25H29N7O3/c1-15-17(14-32(30-15)16-9-11-31(12-10-16)24(33)35-25(2,3)4)19-13-27-22(26)21(28-19)23-29-18-7-5-6-8-20(18)34-23/h5-8,13-14,16H,9-12H2,1-4H3,(H2,26,27). The Kier molecular flexibility index (Phi) is 5.66. The maximum absolute atomic E-state index is 12.4. The second-order valence-electron chi connectivity index (χ2n) is 9.78. The number of nitrogens with two attached hydrogens (primary N) is 1. The summed E-state index contributed by atoms with van der Waals surface area (Å²) in [7, 11) is 0. The molecule has 182 valence electrons. The summed E-state index contributed by atoms with van der Waals surface area (Å²) in [5.74, 6) is 0.581. The van der Waals surface area contributed by atoms with Crippen LogP contribution < -0.4 is 5.73 Å². The molecule has 3 aromatic heterocycles. The predicted molar refractivity (Wildman–Crippen MR) is 131 cm³/mol. The molecule has 4 heterocycles. The Morgan fingerprint density at radius 1 is 1.17 bits per heavy atom. The van der Waals surface area contributed by atoms with Crippen LogP contribution in [0.2, 0.25) is 0 Å². The highest BCUT2D eigenvalue weighted by Gasteiger charge is 2.28. The number of amides is 1. The second kappa shape index (κ2) is 8.68. The van der Waals surface area contributed by atoms with Crippen molar-refractivity contribution in [3.8, 4) is 22.8 Å². The van der Waals surface area contributed by atoms with Crippen molar-refractivity contribution in [2.45, 2.75) is 52.2 Å². The maximum atomic E-state index is 12.4. The van der Waals surface area contributed by atoms with Gasteiger partial charge in [0.15, 0.2) is 17.1 Å². The summed E-state index contributed by atoms with van der Waals surface area (Å²) in [6, 6.07) is 7.69. The lowest BCUT2D eigenvalue weighted by molar-refractivity contribution is 0.0184. The number of hydrogen-bond acceptors (Lipinski definition) is 8. The zero-order chi connectivity index (χ0) is 24.7. The van der Waals surface area contributed by atoms with E-state index in [1.54, 1.807) is 11.1 Å². The summed E-state index contributed by atoms with van der Waals surface area (Å²) in [4.78, 5) is 27.7. The number of carbonyl (C=O) groups excluding carboxylic acids is 1. The van der Waals surface area contributed by atoms with E-state index in [0.717, 1.165) is 29.6 Å². The number of carbonyl (C=O) groups is 1. The highest BCUT2D eigenvalue weighted by Crippen LogP contribution is 2.31. The van der Waals surface area contributed by atoms with Gasteiger partial charge in [-0.2, -0.15) is 5.10 Å². The number of oxazole rings is 1. The third kappa shape index (κ3) is 4.68. The number of para-hydroxylation sites is 2. The highest BCUT2D eigenvalue weighted by atomic mass is 16.6. The van der Waals surface area contributed by atoms with E-state index in [0.29, 0.717) is 36.0 Å². The van der Waals surface area contributed by atoms with Gasteiger partial charge in [0.2, 0.25) is 5.89 Å². The van der Waals surface area contributed by atoms with Crippen LogP contribution in [0.3, 0.4) is 0 Å². The molecule has 35 heavy (non-hydrogen) atoms. The van der Waals surface area contributed by atoms with E-state index in [2.05, 4.69) is 9.97 Å². The van der Waals surface area contributed by atoms with Crippen molar-refractivity contribution in [2.75, 3.05) is 18.8 Å². The number of aryl methyl sites for hydroxylation is 1. The molecule has 4 aromatic rings. The number of rotatable bonds is 3. The van der Waals surface area contributed by atoms with Crippen LogP contribution in [-0.4, -0.2) is 54.4 Å². The molecule has 10 heteroatoms. The third-order valence-electron chi connectivity index (χ3n) is 5.98. The number of benzene rings is 1. The molecule has 1 aliphatic heterocycles. The van der Waals surface area contributed by atoms with Gasteiger partial charge in [-0.05, 0) is 52.7 Å². The van der Waals surface area contributed by atoms with Crippen molar-refractivity contribution in [1.29, 1.82) is 0 Å². The molecule has 5 rings (SSSR count). The van der Waals surface area contributed by atoms with E-state index in [-0.39, 0.29) is 18.0 Å². The molecular formula is C25H29N7O3. The summed E-state index contributed by atoms with van der Waals surface area (Å²) in [5, 5.41) is 4.74. The van der Waals surface area contributed by atoms with Crippen LogP contribution in [0.5, 0.6) is 0 Å². The van der Waals surface area contributed by atoms with E-state index >= 15 is 0 Å². The van der Waals surface area contributed by atoms with Crippen LogP contribution in [0.1, 0.15) is 45.3 Å². The number of nitrogens with zero attached hydrogens (tertiary/aromatic N) is 6. The van der Waals surface area contributed by atoms with E-state index in [9.17, 15) is 4.79 Å². The SMILES string of the molecule is Cc1nn(C2CCN(C(=O)OC(C)(C)C)CC2)cc1-c1cnc(N)c(-c2nc3ccccc3o2)n1. The van der Waals surface area contributed by atoms with E-state index in [4.69, 9.17) is 25.0 Å². The van der Waals surface area contributed by atoms with Gasteiger partial charge in [-0.1, -0.05) is 12.1 Å². The number of piperidine rings is 1. The first-order valence-corrected chi connectivity index (χ1v) is 11.7. The fraction of sp³-hybridized carbons (Fsp3) is 0.400. The highest BCUT2D eigenvalue weighted by molar-refractivity contribution is 5.78. The van der Waals surface area contributed by atoms with Crippen molar-refractivity contribution in [3.05, 3.63) is 42.4 Å². The summed E-state index contributed by atoms with van der Waals surface area (Å²) in [5.41, 5.74) is 9.76. The van der Waals surface area contributed by atoms with Gasteiger partial charge in [-0.25, -0.2) is 19.7 Å². The van der Waals surface area contributed by atoms with Crippen molar-refractivity contribution in [1.82, 2.24) is 29.6 Å². The predicted octanol–water partition coefficient (Wildman–Crippen LogP) is 4.61. The van der Waals surface area contributed by atoms with Crippen LogP contribution in [0, 0.1) is 6.92 Å². The van der Waals surface area contributed by atoms with Crippen LogP contribution in [-0.2, 0) is 4.74 Å². The molecule has 1 fully saturated rings. The molecule has 1 aliphatic rings. The zero-order valence-electron chi connectivity index (χ0n) is 20.4. The third-order valence-corrected chi connectivity index (χ3v) is 5.98. The first kappa shape index (κ1) is 22.8. The lowest BCUT2D eigenvalue weighted by Crippen LogP contribution is -2.42. The molecule has 0 radical (unpaired) electrons. The van der Waals surface area contributed by atoms with E-state index in [1.807, 2.05) is 62.8 Å². The fourth-order valence-electron chi connectivity index (χ4n) is 4.22. The molecule has 0 aliphatic carbocycles. The monoisotopic (exact) mass is 475 g/mol. The van der Waals surface area contributed by atoms with E-state index in [1.165, 1.54) is 0 Å². The summed E-state index contributed by atoms with van der Waals surface area (Å²) in [6.45, 7) is 8.82. The van der Waals surface area contributed by atoms with Gasteiger partial charge in [0, 0.05) is 24.8 Å². The molecular weight excluding hydrogens is 446 g/mol. The van der Waals surface area contributed by atoms with Crippen molar-refractivity contribution in [2.24, 2.45) is 0 Å². The van der Waals surface area contributed by atoms with Gasteiger partial charge >= 0.3 is 6.09 Å². The lowest BCUT2D eigenvalue weighted by atomic mass is 10.1. The lowest BCUT2D eigenvalue weighted by Gasteiger charge is -2.33. The normalized spacial score (nSPS) is 15.0. The Hall–Kier alpha value is -3.95. The number of hydrogen-bond donors (Lipinski definition) is 1. The molecule has 1 saturated heterocycles. The molecule has 0 atom stereocenters. The van der Waals surface area contributed by atoms with Gasteiger partial charge < -0.3 is 19.8 Å². The zero-order valence-corrected chi connectivity index (χ0v) is 20.4.